The molecule has 13 heteroatoms. The lowest BCUT2D eigenvalue weighted by Gasteiger charge is -2.27. The molecule has 0 aliphatic rings. The molecule has 0 spiro atoms. The lowest BCUT2D eigenvalue weighted by atomic mass is 10.0. The summed E-state index contributed by atoms with van der Waals surface area (Å²) in [5.41, 5.74) is 17.1. The van der Waals surface area contributed by atoms with Crippen LogP contribution in [0.1, 0.15) is 39.2 Å². The van der Waals surface area contributed by atoms with Crippen LogP contribution in [-0.4, -0.2) is 76.7 Å². The number of hydrogen-bond acceptors (Lipinski definition) is 7. The summed E-state index contributed by atoms with van der Waals surface area (Å²) in [6.45, 7) is 4.96. The molecule has 0 saturated heterocycles. The number of carboxylic acid groups (broad SMARTS) is 1. The summed E-state index contributed by atoms with van der Waals surface area (Å²) in [6, 6.07) is 4.01. The normalized spacial score (nSPS) is 15.0. The number of nitrogens with two attached hydrogens (primary N) is 3. The Morgan fingerprint density at radius 3 is 2.03 bits per heavy atom. The number of nitrogens with one attached hydrogen (secondary N) is 3. The van der Waals surface area contributed by atoms with Gasteiger partial charge in [-0.05, 0) is 31.2 Å². The fourth-order valence-electron chi connectivity index (χ4n) is 3.31. The highest BCUT2D eigenvalue weighted by Gasteiger charge is 2.32. The predicted octanol–water partition coefficient (Wildman–Crippen LogP) is -1.81. The molecule has 1 aromatic rings. The monoisotopic (exact) mass is 521 g/mol. The number of aliphatic imine (C=N–C) groups is 1. The molecule has 0 bridgehead atoms. The minimum Gasteiger partial charge on any atom is -0.480 e. The molecule has 1 aromatic carbocycles. The molecule has 206 valence electrons. The van der Waals surface area contributed by atoms with Crippen LogP contribution in [0, 0.1) is 5.92 Å². The second-order valence-corrected chi connectivity index (χ2v) is 9.10. The highest BCUT2D eigenvalue weighted by molar-refractivity contribution is 5.94. The Balaban J connectivity index is 3.07. The zero-order valence-electron chi connectivity index (χ0n) is 21.4. The molecule has 37 heavy (non-hydrogen) atoms. The van der Waals surface area contributed by atoms with Crippen LogP contribution in [0.3, 0.4) is 0 Å². The van der Waals surface area contributed by atoms with Gasteiger partial charge in [0.1, 0.15) is 18.1 Å². The van der Waals surface area contributed by atoms with Crippen molar-refractivity contribution in [1.29, 1.82) is 0 Å². The number of guanidine groups is 1. The van der Waals surface area contributed by atoms with E-state index in [0.717, 1.165) is 0 Å². The maximum atomic E-state index is 13.1. The molecular formula is C24H39N7O6. The number of amides is 3. The van der Waals surface area contributed by atoms with Gasteiger partial charge in [0, 0.05) is 13.0 Å². The van der Waals surface area contributed by atoms with Crippen molar-refractivity contribution in [1.82, 2.24) is 16.0 Å². The Kier molecular flexibility index (Phi) is 13.0. The molecule has 0 aliphatic heterocycles. The molecule has 0 saturated carbocycles. The van der Waals surface area contributed by atoms with E-state index in [1.54, 1.807) is 44.2 Å². The van der Waals surface area contributed by atoms with E-state index in [1.165, 1.54) is 6.92 Å². The van der Waals surface area contributed by atoms with E-state index >= 15 is 0 Å². The largest absolute Gasteiger partial charge is 0.480 e. The fraction of sp³-hybridized carbons (Fsp3) is 0.542. The average Bonchev–Trinajstić information content (AvgIpc) is 2.83. The Hall–Kier alpha value is -3.71. The maximum absolute atomic E-state index is 13.1. The van der Waals surface area contributed by atoms with Gasteiger partial charge >= 0.3 is 5.97 Å². The molecule has 0 aliphatic carbocycles. The molecule has 5 atom stereocenters. The van der Waals surface area contributed by atoms with E-state index in [-0.39, 0.29) is 37.7 Å². The van der Waals surface area contributed by atoms with E-state index < -0.39 is 54.0 Å². The van der Waals surface area contributed by atoms with Gasteiger partial charge in [-0.3, -0.25) is 19.4 Å². The fourth-order valence-corrected chi connectivity index (χ4v) is 3.31. The smallest absolute Gasteiger partial charge is 0.326 e. The van der Waals surface area contributed by atoms with Crippen LogP contribution in [-0.2, 0) is 25.6 Å². The maximum Gasteiger partial charge on any atom is 0.326 e. The molecule has 0 heterocycles. The first-order valence-corrected chi connectivity index (χ1v) is 12.0. The van der Waals surface area contributed by atoms with Crippen molar-refractivity contribution in [2.24, 2.45) is 28.1 Å². The van der Waals surface area contributed by atoms with Gasteiger partial charge in [0.05, 0.1) is 12.1 Å². The van der Waals surface area contributed by atoms with Gasteiger partial charge in [-0.1, -0.05) is 44.2 Å². The van der Waals surface area contributed by atoms with Crippen molar-refractivity contribution in [3.63, 3.8) is 0 Å². The molecule has 11 N–H and O–H groups in total. The first-order valence-electron chi connectivity index (χ1n) is 12.0. The van der Waals surface area contributed by atoms with Crippen molar-refractivity contribution in [2.75, 3.05) is 6.54 Å². The van der Waals surface area contributed by atoms with Gasteiger partial charge in [0.2, 0.25) is 17.7 Å². The van der Waals surface area contributed by atoms with E-state index in [1.807, 2.05) is 0 Å². The topological polar surface area (TPSA) is 235 Å². The molecule has 0 aromatic heterocycles. The van der Waals surface area contributed by atoms with Gasteiger partial charge < -0.3 is 43.4 Å². The highest BCUT2D eigenvalue weighted by Crippen LogP contribution is 2.07. The van der Waals surface area contributed by atoms with Gasteiger partial charge in [-0.25, -0.2) is 4.79 Å². The van der Waals surface area contributed by atoms with Crippen LogP contribution in [0.5, 0.6) is 0 Å². The number of hydrogen-bond donors (Lipinski definition) is 8. The van der Waals surface area contributed by atoms with Gasteiger partial charge in [0.25, 0.3) is 0 Å². The van der Waals surface area contributed by atoms with Crippen molar-refractivity contribution in [3.05, 3.63) is 35.9 Å². The van der Waals surface area contributed by atoms with E-state index in [0.29, 0.717) is 5.56 Å². The van der Waals surface area contributed by atoms with E-state index in [2.05, 4.69) is 20.9 Å². The Morgan fingerprint density at radius 1 is 0.919 bits per heavy atom. The summed E-state index contributed by atoms with van der Waals surface area (Å²) in [4.78, 5) is 54.1. The van der Waals surface area contributed by atoms with Crippen LogP contribution in [0.25, 0.3) is 0 Å². The Morgan fingerprint density at radius 2 is 1.51 bits per heavy atom. The predicted molar refractivity (Wildman–Crippen MR) is 138 cm³/mol. The summed E-state index contributed by atoms with van der Waals surface area (Å²) in [5.74, 6) is -3.81. The van der Waals surface area contributed by atoms with Crippen LogP contribution in [0.4, 0.5) is 0 Å². The number of rotatable bonds is 15. The van der Waals surface area contributed by atoms with Crippen LogP contribution >= 0.6 is 0 Å². The number of benzene rings is 1. The first kappa shape index (κ1) is 31.3. The van der Waals surface area contributed by atoms with Crippen molar-refractivity contribution in [2.45, 2.75) is 70.3 Å². The molecule has 0 fully saturated rings. The second-order valence-electron chi connectivity index (χ2n) is 9.10. The molecular weight excluding hydrogens is 482 g/mol. The average molecular weight is 522 g/mol. The summed E-state index contributed by atoms with van der Waals surface area (Å²) in [6.07, 6.45) is -0.934. The number of aliphatic hydroxyl groups excluding tert-OH is 1. The van der Waals surface area contributed by atoms with Crippen LogP contribution in [0.15, 0.2) is 35.3 Å². The Bertz CT molecular complexity index is 935. The summed E-state index contributed by atoms with van der Waals surface area (Å²) < 4.78 is 0. The van der Waals surface area contributed by atoms with E-state index in [9.17, 15) is 29.4 Å². The SMILES string of the molecule is CC(C)C(N)C(=O)NC(C(=O)NC(Cc1ccccc1)C(=O)NC(CCCN=C(N)N)C(=O)O)C(C)O. The highest BCUT2D eigenvalue weighted by atomic mass is 16.4. The molecule has 3 amide bonds. The van der Waals surface area contributed by atoms with Gasteiger partial charge in [-0.2, -0.15) is 0 Å². The molecule has 1 rings (SSSR count). The number of carbonyl (C=O) groups is 4. The quantitative estimate of drug-likeness (QED) is 0.0736. The lowest BCUT2D eigenvalue weighted by Crippen LogP contribution is -2.60. The third kappa shape index (κ3) is 11.3. The molecule has 0 radical (unpaired) electrons. The van der Waals surface area contributed by atoms with Gasteiger partial charge in [0.15, 0.2) is 5.96 Å². The summed E-state index contributed by atoms with van der Waals surface area (Å²) >= 11 is 0. The van der Waals surface area contributed by atoms with Crippen LogP contribution < -0.4 is 33.2 Å². The number of aliphatic carboxylic acids is 1. The zero-order valence-corrected chi connectivity index (χ0v) is 21.4. The first-order chi connectivity index (χ1) is 17.3. The number of nitrogens with zero attached hydrogens (tertiary/aromatic N) is 1. The summed E-state index contributed by atoms with van der Waals surface area (Å²) in [7, 11) is 0. The molecule has 5 unspecified atom stereocenters. The number of aliphatic hydroxyl groups is 1. The standard InChI is InChI=1S/C24H39N7O6/c1-13(2)18(25)21(34)31-19(14(3)32)22(35)30-17(12-15-8-5-4-6-9-15)20(33)29-16(23(36)37)10-7-11-28-24(26)27/h4-6,8-9,13-14,16-19,32H,7,10-12,25H2,1-3H3,(H,29,33)(H,30,35)(H,31,34)(H,36,37)(H4,26,27,28). The van der Waals surface area contributed by atoms with Crippen molar-refractivity contribution < 1.29 is 29.4 Å². The number of carbonyl (C=O) groups excluding carboxylic acids is 3. The second kappa shape index (κ2) is 15.4. The minimum absolute atomic E-state index is 0.0325. The van der Waals surface area contributed by atoms with E-state index in [4.69, 9.17) is 17.2 Å². The minimum atomic E-state index is -1.39. The van der Waals surface area contributed by atoms with Crippen molar-refractivity contribution in [3.8, 4) is 0 Å². The summed E-state index contributed by atoms with van der Waals surface area (Å²) in [5, 5.41) is 27.1. The van der Waals surface area contributed by atoms with Crippen molar-refractivity contribution >= 4 is 29.7 Å². The third-order valence-corrected chi connectivity index (χ3v) is 5.56. The lowest BCUT2D eigenvalue weighted by molar-refractivity contribution is -0.142. The number of carboxylic acids is 1. The van der Waals surface area contributed by atoms with Gasteiger partial charge in [-0.15, -0.1) is 0 Å². The van der Waals surface area contributed by atoms with Crippen LogP contribution in [0.2, 0.25) is 0 Å². The Labute approximate surface area is 216 Å². The zero-order chi connectivity index (χ0) is 28.1. The molecule has 13 nitrogen and oxygen atoms in total. The third-order valence-electron chi connectivity index (χ3n) is 5.56.